The average Bonchev–Trinajstić information content (AvgIpc) is 3.20. The number of aromatic nitrogens is 3. The highest BCUT2D eigenvalue weighted by Crippen LogP contribution is 2.34. The van der Waals surface area contributed by atoms with Crippen molar-refractivity contribution in [2.45, 2.75) is 0 Å². The number of hydrogen-bond donors (Lipinski definition) is 2. The predicted octanol–water partition coefficient (Wildman–Crippen LogP) is 6.44. The molecule has 2 N–H and O–H groups in total. The van der Waals surface area contributed by atoms with Crippen LogP contribution in [0.4, 0.5) is 0 Å². The van der Waals surface area contributed by atoms with E-state index in [1.165, 1.54) is 6.07 Å². The maximum atomic E-state index is 11.1. The second-order valence-electron chi connectivity index (χ2n) is 7.10. The van der Waals surface area contributed by atoms with Crippen LogP contribution in [0.15, 0.2) is 84.9 Å². The molecule has 0 aliphatic carbocycles. The fourth-order valence-corrected chi connectivity index (χ4v) is 3.71. The number of hydrogen-bond acceptors (Lipinski definition) is 4. The van der Waals surface area contributed by atoms with Gasteiger partial charge < -0.3 is 14.8 Å². The Balaban J connectivity index is 1.45. The largest absolute Gasteiger partial charge is 0.477 e. The van der Waals surface area contributed by atoms with E-state index in [1.54, 1.807) is 18.2 Å². The third-order valence-corrected chi connectivity index (χ3v) is 5.31. The van der Waals surface area contributed by atoms with Gasteiger partial charge in [0, 0.05) is 11.6 Å². The summed E-state index contributed by atoms with van der Waals surface area (Å²) in [6.07, 6.45) is 0. The maximum Gasteiger partial charge on any atom is 0.354 e. The van der Waals surface area contributed by atoms with Gasteiger partial charge in [0.1, 0.15) is 0 Å². The molecule has 0 aliphatic rings. The minimum Gasteiger partial charge on any atom is -0.477 e. The van der Waals surface area contributed by atoms with Gasteiger partial charge in [-0.3, -0.25) is 0 Å². The molecule has 5 rings (SSSR count). The van der Waals surface area contributed by atoms with E-state index >= 15 is 0 Å². The molecule has 6 nitrogen and oxygen atoms in total. The number of carboxylic acids is 1. The summed E-state index contributed by atoms with van der Waals surface area (Å²) in [5.74, 6) is -0.999. The van der Waals surface area contributed by atoms with Crippen LogP contribution in [-0.2, 0) is 0 Å². The molecule has 0 spiro atoms. The molecule has 2 aromatic heterocycles. The Kier molecular flexibility index (Phi) is 5.05. The third kappa shape index (κ3) is 3.91. The van der Waals surface area contributed by atoms with E-state index < -0.39 is 5.97 Å². The highest BCUT2D eigenvalue weighted by molar-refractivity contribution is 6.34. The van der Waals surface area contributed by atoms with Crippen LogP contribution in [0.5, 0.6) is 11.9 Å². The number of aromatic carboxylic acids is 1. The molecule has 156 valence electrons. The number of halogens is 1. The molecule has 2 heterocycles. The molecule has 0 fully saturated rings. The van der Waals surface area contributed by atoms with E-state index in [1.807, 2.05) is 36.4 Å². The Morgan fingerprint density at radius 1 is 0.844 bits per heavy atom. The van der Waals surface area contributed by atoms with Gasteiger partial charge >= 0.3 is 12.0 Å². The third-order valence-electron chi connectivity index (χ3n) is 5.00. The second-order valence-corrected chi connectivity index (χ2v) is 7.51. The number of pyridine rings is 1. The van der Waals surface area contributed by atoms with Gasteiger partial charge in [-0.15, -0.1) is 0 Å². The molecule has 3 aromatic carbocycles. The van der Waals surface area contributed by atoms with Crippen LogP contribution in [-0.4, -0.2) is 26.0 Å². The summed E-state index contributed by atoms with van der Waals surface area (Å²) in [6.45, 7) is 0. The molecule has 32 heavy (non-hydrogen) atoms. The van der Waals surface area contributed by atoms with Crippen LogP contribution >= 0.6 is 11.6 Å². The van der Waals surface area contributed by atoms with Gasteiger partial charge in [0.15, 0.2) is 5.69 Å². The number of carboxylic acid groups (broad SMARTS) is 1. The molecular formula is C25H16ClN3O3. The number of aromatic amines is 1. The van der Waals surface area contributed by atoms with E-state index in [-0.39, 0.29) is 17.6 Å². The molecule has 0 saturated carbocycles. The van der Waals surface area contributed by atoms with Gasteiger partial charge in [0.2, 0.25) is 5.88 Å². The summed E-state index contributed by atoms with van der Waals surface area (Å²) in [5, 5.41) is 9.66. The van der Waals surface area contributed by atoms with Gasteiger partial charge in [0.25, 0.3) is 0 Å². The van der Waals surface area contributed by atoms with Crippen LogP contribution < -0.4 is 4.74 Å². The number of nitrogens with one attached hydrogen (secondary N) is 1. The quantitative estimate of drug-likeness (QED) is 0.328. The summed E-state index contributed by atoms with van der Waals surface area (Å²) in [7, 11) is 0. The zero-order valence-corrected chi connectivity index (χ0v) is 17.4. The van der Waals surface area contributed by atoms with Crippen molar-refractivity contribution in [1.29, 1.82) is 0 Å². The normalized spacial score (nSPS) is 10.9. The van der Waals surface area contributed by atoms with Crippen molar-refractivity contribution in [2.75, 3.05) is 0 Å². The van der Waals surface area contributed by atoms with E-state index in [0.29, 0.717) is 16.1 Å². The van der Waals surface area contributed by atoms with E-state index in [2.05, 4.69) is 39.2 Å². The number of benzene rings is 3. The average molecular weight is 442 g/mol. The maximum absolute atomic E-state index is 11.1. The standard InChI is InChI=1S/C25H16ClN3O3/c26-19-14-22-21(28-25(29-22)32-23-8-4-7-20(27-23)24(30)31)13-18(19)17-11-9-16(10-12-17)15-5-2-1-3-6-15/h1-14H,(H,28,29)(H,30,31). The van der Waals surface area contributed by atoms with Crippen LogP contribution in [0.3, 0.4) is 0 Å². The molecule has 0 radical (unpaired) electrons. The minimum atomic E-state index is -1.13. The molecule has 0 atom stereocenters. The van der Waals surface area contributed by atoms with Crippen molar-refractivity contribution >= 4 is 28.6 Å². The van der Waals surface area contributed by atoms with Gasteiger partial charge in [-0.2, -0.15) is 4.98 Å². The van der Waals surface area contributed by atoms with Crippen molar-refractivity contribution in [3.63, 3.8) is 0 Å². The zero-order chi connectivity index (χ0) is 22.1. The van der Waals surface area contributed by atoms with Crippen molar-refractivity contribution in [3.8, 4) is 34.1 Å². The van der Waals surface area contributed by atoms with E-state index in [4.69, 9.17) is 21.4 Å². The number of rotatable bonds is 5. The Morgan fingerprint density at radius 3 is 2.31 bits per heavy atom. The first-order valence-corrected chi connectivity index (χ1v) is 10.2. The van der Waals surface area contributed by atoms with Crippen molar-refractivity contribution in [3.05, 3.63) is 95.6 Å². The van der Waals surface area contributed by atoms with Crippen molar-refractivity contribution in [1.82, 2.24) is 15.0 Å². The monoisotopic (exact) mass is 441 g/mol. The summed E-state index contributed by atoms with van der Waals surface area (Å²) in [6, 6.07) is 26.7. The first-order valence-electron chi connectivity index (χ1n) is 9.80. The number of imidazole rings is 1. The Bertz CT molecular complexity index is 1430. The van der Waals surface area contributed by atoms with Crippen molar-refractivity contribution in [2.24, 2.45) is 0 Å². The lowest BCUT2D eigenvalue weighted by molar-refractivity contribution is 0.0689. The predicted molar refractivity (Wildman–Crippen MR) is 123 cm³/mol. The molecular weight excluding hydrogens is 426 g/mol. The number of nitrogens with zero attached hydrogens (tertiary/aromatic N) is 2. The molecule has 0 bridgehead atoms. The van der Waals surface area contributed by atoms with Gasteiger partial charge in [-0.05, 0) is 34.9 Å². The van der Waals surface area contributed by atoms with Gasteiger partial charge in [-0.25, -0.2) is 9.78 Å². The Hall–Kier alpha value is -4.16. The topological polar surface area (TPSA) is 88.1 Å². The lowest BCUT2D eigenvalue weighted by atomic mass is 10.00. The smallest absolute Gasteiger partial charge is 0.354 e. The molecule has 0 aliphatic heterocycles. The van der Waals surface area contributed by atoms with Crippen LogP contribution in [0.2, 0.25) is 5.02 Å². The first-order chi connectivity index (χ1) is 15.6. The van der Waals surface area contributed by atoms with Gasteiger partial charge in [0.05, 0.1) is 16.1 Å². The summed E-state index contributed by atoms with van der Waals surface area (Å²) < 4.78 is 5.62. The Morgan fingerprint density at radius 2 is 1.56 bits per heavy atom. The first kappa shape index (κ1) is 19.8. The highest BCUT2D eigenvalue weighted by Gasteiger charge is 2.13. The van der Waals surface area contributed by atoms with Crippen LogP contribution in [0, 0.1) is 0 Å². The summed E-state index contributed by atoms with van der Waals surface area (Å²) in [5.41, 5.74) is 5.35. The zero-order valence-electron chi connectivity index (χ0n) is 16.6. The highest BCUT2D eigenvalue weighted by atomic mass is 35.5. The fraction of sp³-hybridized carbons (Fsp3) is 0. The second kappa shape index (κ2) is 8.17. The SMILES string of the molecule is O=C(O)c1cccc(Oc2nc3cc(-c4ccc(-c5ccccc5)cc4)c(Cl)cc3[nH]2)n1. The lowest BCUT2D eigenvalue weighted by Gasteiger charge is -2.07. The molecule has 5 aromatic rings. The van der Waals surface area contributed by atoms with Crippen LogP contribution in [0.25, 0.3) is 33.3 Å². The minimum absolute atomic E-state index is 0.108. The van der Waals surface area contributed by atoms with E-state index in [9.17, 15) is 4.79 Å². The molecule has 0 saturated heterocycles. The molecule has 7 heteroatoms. The Labute approximate surface area is 188 Å². The fourth-order valence-electron chi connectivity index (χ4n) is 3.44. The number of carbonyl (C=O) groups is 1. The number of H-pyrrole nitrogens is 1. The number of ether oxygens (including phenoxy) is 1. The lowest BCUT2D eigenvalue weighted by Crippen LogP contribution is -2.01. The summed E-state index contributed by atoms with van der Waals surface area (Å²) in [4.78, 5) is 22.5. The number of fused-ring (bicyclic) bond motifs is 1. The van der Waals surface area contributed by atoms with Crippen LogP contribution in [0.1, 0.15) is 10.5 Å². The van der Waals surface area contributed by atoms with Crippen molar-refractivity contribution < 1.29 is 14.6 Å². The van der Waals surface area contributed by atoms with Gasteiger partial charge in [-0.1, -0.05) is 72.3 Å². The molecule has 0 amide bonds. The van der Waals surface area contributed by atoms with E-state index in [0.717, 1.165) is 22.3 Å². The summed E-state index contributed by atoms with van der Waals surface area (Å²) >= 11 is 6.55. The molecule has 0 unspecified atom stereocenters.